The van der Waals surface area contributed by atoms with Gasteiger partial charge in [0, 0.05) is 5.56 Å². The summed E-state index contributed by atoms with van der Waals surface area (Å²) in [6.07, 6.45) is -0.853. The Labute approximate surface area is 133 Å². The fourth-order valence-electron chi connectivity index (χ4n) is 2.24. The van der Waals surface area contributed by atoms with Crippen molar-refractivity contribution >= 4 is 17.6 Å². The molecule has 0 fully saturated rings. The zero-order valence-corrected chi connectivity index (χ0v) is 13.8. The van der Waals surface area contributed by atoms with Crippen molar-refractivity contribution in [3.05, 3.63) is 29.1 Å². The van der Waals surface area contributed by atoms with E-state index in [0.717, 1.165) is 16.7 Å². The van der Waals surface area contributed by atoms with Crippen molar-refractivity contribution in [3.63, 3.8) is 0 Å². The lowest BCUT2D eigenvalue weighted by molar-refractivity contribution is 0.210. The first-order chi connectivity index (χ1) is 10.2. The van der Waals surface area contributed by atoms with Gasteiger partial charge in [-0.1, -0.05) is 20.8 Å². The molecule has 0 saturated carbocycles. The predicted molar refractivity (Wildman–Crippen MR) is 84.9 cm³/mol. The lowest BCUT2D eigenvalue weighted by Gasteiger charge is -2.24. The van der Waals surface area contributed by atoms with E-state index in [4.69, 9.17) is 15.6 Å². The molecule has 1 heterocycles. The smallest absolute Gasteiger partial charge is 0.409 e. The van der Waals surface area contributed by atoms with Gasteiger partial charge >= 0.3 is 6.09 Å². The predicted octanol–water partition coefficient (Wildman–Crippen LogP) is 2.76. The van der Waals surface area contributed by atoms with Gasteiger partial charge in [-0.15, -0.1) is 0 Å². The lowest BCUT2D eigenvalue weighted by atomic mass is 9.83. The number of carbonyl (C=O) groups excluding carboxylic acids is 1. The van der Waals surface area contributed by atoms with Gasteiger partial charge in [-0.3, -0.25) is 0 Å². The molecular weight excluding hydrogens is 302 g/mol. The third-order valence-electron chi connectivity index (χ3n) is 3.24. The van der Waals surface area contributed by atoms with Gasteiger partial charge in [0.1, 0.15) is 17.4 Å². The van der Waals surface area contributed by atoms with Crippen LogP contribution in [0.3, 0.4) is 0 Å². The van der Waals surface area contributed by atoms with Gasteiger partial charge < -0.3 is 15.6 Å². The summed E-state index contributed by atoms with van der Waals surface area (Å²) < 4.78 is 9.19. The van der Waals surface area contributed by atoms with E-state index in [1.165, 1.54) is 11.5 Å². The minimum Gasteiger partial charge on any atom is -0.410 e. The largest absolute Gasteiger partial charge is 0.410 e. The summed E-state index contributed by atoms with van der Waals surface area (Å²) in [5.74, 6) is 0.783. The second-order valence-electron chi connectivity index (χ2n) is 5.99. The molecule has 7 heteroatoms. The maximum absolute atomic E-state index is 11.1. The summed E-state index contributed by atoms with van der Waals surface area (Å²) in [6.45, 7) is 7.91. The van der Waals surface area contributed by atoms with E-state index in [1.54, 1.807) is 6.07 Å². The van der Waals surface area contributed by atoms with Crippen LogP contribution in [0.4, 0.5) is 4.79 Å². The van der Waals surface area contributed by atoms with Crippen molar-refractivity contribution in [2.45, 2.75) is 39.7 Å². The number of hydrogen-bond acceptors (Lipinski definition) is 6. The number of aromatic nitrogens is 2. The van der Waals surface area contributed by atoms with Crippen molar-refractivity contribution in [2.75, 3.05) is 0 Å². The first-order valence-corrected chi connectivity index (χ1v) is 7.56. The van der Waals surface area contributed by atoms with Crippen LogP contribution in [0.25, 0.3) is 10.6 Å². The average molecular weight is 321 g/mol. The number of primary amides is 1. The zero-order valence-electron chi connectivity index (χ0n) is 13.0. The van der Waals surface area contributed by atoms with Gasteiger partial charge in [0.15, 0.2) is 5.82 Å². The number of rotatable bonds is 3. The first-order valence-electron chi connectivity index (χ1n) is 6.78. The molecule has 118 valence electrons. The van der Waals surface area contributed by atoms with Crippen LogP contribution in [0.2, 0.25) is 0 Å². The van der Waals surface area contributed by atoms with Crippen molar-refractivity contribution in [2.24, 2.45) is 5.73 Å². The highest BCUT2D eigenvalue weighted by Crippen LogP contribution is 2.36. The molecule has 3 N–H and O–H groups in total. The van der Waals surface area contributed by atoms with E-state index >= 15 is 0 Å². The summed E-state index contributed by atoms with van der Waals surface area (Å²) in [5, 5.41) is 9.75. The third-order valence-corrected chi connectivity index (χ3v) is 4.04. The van der Waals surface area contributed by atoms with E-state index in [-0.39, 0.29) is 12.0 Å². The molecule has 6 nitrogen and oxygen atoms in total. The van der Waals surface area contributed by atoms with Gasteiger partial charge in [-0.2, -0.15) is 4.37 Å². The van der Waals surface area contributed by atoms with Crippen LogP contribution in [0.15, 0.2) is 12.1 Å². The number of hydrogen-bond donors (Lipinski definition) is 2. The zero-order chi connectivity index (χ0) is 16.5. The van der Waals surface area contributed by atoms with Gasteiger partial charge in [-0.25, -0.2) is 9.78 Å². The van der Waals surface area contributed by atoms with E-state index < -0.39 is 6.09 Å². The highest BCUT2D eigenvalue weighted by atomic mass is 32.1. The first kappa shape index (κ1) is 16.4. The van der Waals surface area contributed by atoms with Crippen molar-refractivity contribution < 1.29 is 14.6 Å². The van der Waals surface area contributed by atoms with Crippen LogP contribution in [0.1, 0.15) is 37.7 Å². The highest BCUT2D eigenvalue weighted by Gasteiger charge is 2.22. The second kappa shape index (κ2) is 6.02. The third kappa shape index (κ3) is 3.42. The fraction of sp³-hybridized carbons (Fsp3) is 0.400. The van der Waals surface area contributed by atoms with Crippen LogP contribution in [-0.2, 0) is 12.0 Å². The Hall–Kier alpha value is -1.99. The maximum atomic E-state index is 11.1. The molecule has 0 atom stereocenters. The molecule has 1 amide bonds. The maximum Gasteiger partial charge on any atom is 0.409 e. The molecule has 0 aliphatic carbocycles. The number of carbonyl (C=O) groups is 1. The number of nitrogens with two attached hydrogens (primary N) is 1. The molecule has 1 aromatic heterocycles. The number of ether oxygens (including phenoxy) is 1. The monoisotopic (exact) mass is 321 g/mol. The Morgan fingerprint density at radius 1 is 1.41 bits per heavy atom. The van der Waals surface area contributed by atoms with Gasteiger partial charge in [0.25, 0.3) is 0 Å². The number of nitrogens with zero attached hydrogens (tertiary/aromatic N) is 2. The Morgan fingerprint density at radius 2 is 2.09 bits per heavy atom. The van der Waals surface area contributed by atoms with Crippen LogP contribution >= 0.6 is 11.5 Å². The van der Waals surface area contributed by atoms with E-state index in [9.17, 15) is 4.79 Å². The molecule has 0 aliphatic rings. The molecule has 0 aliphatic heterocycles. The molecule has 0 radical (unpaired) electrons. The Kier molecular flexibility index (Phi) is 4.48. The average Bonchev–Trinajstić information content (AvgIpc) is 2.88. The molecule has 0 spiro atoms. The Balaban J connectivity index is 2.61. The van der Waals surface area contributed by atoms with Gasteiger partial charge in [-0.05, 0) is 47.1 Å². The number of benzene rings is 1. The lowest BCUT2D eigenvalue weighted by Crippen LogP contribution is -2.19. The summed E-state index contributed by atoms with van der Waals surface area (Å²) in [6, 6.07) is 3.72. The van der Waals surface area contributed by atoms with Gasteiger partial charge in [0.05, 0.1) is 0 Å². The standard InChI is InChI=1S/C15H19N3O3S/c1-8-10(15(2,3)4)5-9(6-11(8)21-14(16)20)13-17-12(7-19)18-22-13/h5-6,19H,7H2,1-4H3,(H2,16,20). The second-order valence-corrected chi connectivity index (χ2v) is 6.74. The molecule has 1 aromatic carbocycles. The SMILES string of the molecule is Cc1c(OC(N)=O)cc(-c2nc(CO)ns2)cc1C(C)(C)C. The molecule has 0 saturated heterocycles. The van der Waals surface area contributed by atoms with Crippen LogP contribution in [0.5, 0.6) is 5.75 Å². The van der Waals surface area contributed by atoms with E-state index in [2.05, 4.69) is 30.1 Å². The van der Waals surface area contributed by atoms with Crippen LogP contribution < -0.4 is 10.5 Å². The summed E-state index contributed by atoms with van der Waals surface area (Å²) in [5.41, 5.74) is 7.68. The minimum atomic E-state index is -0.853. The number of aliphatic hydroxyl groups is 1. The Bertz CT molecular complexity index is 705. The van der Waals surface area contributed by atoms with Gasteiger partial charge in [0.2, 0.25) is 0 Å². The summed E-state index contributed by atoms with van der Waals surface area (Å²) in [7, 11) is 0. The molecule has 2 aromatic rings. The molecule has 0 unspecified atom stereocenters. The van der Waals surface area contributed by atoms with Crippen LogP contribution in [0, 0.1) is 6.92 Å². The normalized spacial score (nSPS) is 11.5. The van der Waals surface area contributed by atoms with E-state index in [0.29, 0.717) is 16.6 Å². The molecule has 22 heavy (non-hydrogen) atoms. The minimum absolute atomic E-state index is 0.139. The van der Waals surface area contributed by atoms with Crippen molar-refractivity contribution in [3.8, 4) is 16.3 Å². The summed E-state index contributed by atoms with van der Waals surface area (Å²) in [4.78, 5) is 15.4. The topological polar surface area (TPSA) is 98.3 Å². The number of amides is 1. The Morgan fingerprint density at radius 3 is 2.59 bits per heavy atom. The highest BCUT2D eigenvalue weighted by molar-refractivity contribution is 7.09. The van der Waals surface area contributed by atoms with Crippen LogP contribution in [-0.4, -0.2) is 20.6 Å². The van der Waals surface area contributed by atoms with E-state index in [1.807, 2.05) is 13.0 Å². The van der Waals surface area contributed by atoms with Crippen molar-refractivity contribution in [1.82, 2.24) is 9.36 Å². The molecule has 2 rings (SSSR count). The summed E-state index contributed by atoms with van der Waals surface area (Å²) >= 11 is 1.19. The molecular formula is C15H19N3O3S. The number of aliphatic hydroxyl groups excluding tert-OH is 1. The fourth-order valence-corrected chi connectivity index (χ4v) is 2.90. The quantitative estimate of drug-likeness (QED) is 0.905. The molecule has 0 bridgehead atoms. The van der Waals surface area contributed by atoms with Crippen molar-refractivity contribution in [1.29, 1.82) is 0 Å².